The highest BCUT2D eigenvalue weighted by atomic mass is 127. The molecule has 1 rings (SSSR count). The number of methoxy groups -OCH3 is 2. The number of rotatable bonds is 8. The third kappa shape index (κ3) is 7.71. The predicted octanol–water partition coefficient (Wildman–Crippen LogP) is 2.65. The van der Waals surface area contributed by atoms with Gasteiger partial charge in [0, 0.05) is 31.8 Å². The van der Waals surface area contributed by atoms with Crippen LogP contribution >= 0.6 is 24.0 Å². The van der Waals surface area contributed by atoms with Gasteiger partial charge in [0.1, 0.15) is 0 Å². The summed E-state index contributed by atoms with van der Waals surface area (Å²) in [5, 5.41) is 6.30. The van der Waals surface area contributed by atoms with E-state index in [-0.39, 0.29) is 29.9 Å². The first-order valence-electron chi connectivity index (χ1n) is 7.49. The fraction of sp³-hybridized carbons (Fsp3) is 0.500. The van der Waals surface area contributed by atoms with Crippen LogP contribution in [0.1, 0.15) is 19.8 Å². The van der Waals surface area contributed by atoms with Crippen LogP contribution < -0.4 is 20.1 Å². The van der Waals surface area contributed by atoms with E-state index in [0.717, 1.165) is 5.69 Å². The Kier molecular flexibility index (Phi) is 11.8. The Hall–Kier alpha value is -1.71. The summed E-state index contributed by atoms with van der Waals surface area (Å²) in [6.45, 7) is 2.83. The standard InChI is InChI=1S/C16H25N3O4.HI/c1-5-23-15(20)7-6-10-18-16(17-2)19-12-8-9-13(21-3)14(11-12)22-4;/h8-9,11H,5-7,10H2,1-4H3,(H2,17,18,19);1H. The molecule has 8 heteroatoms. The first-order chi connectivity index (χ1) is 11.1. The fourth-order valence-electron chi connectivity index (χ4n) is 1.90. The van der Waals surface area contributed by atoms with Gasteiger partial charge in [-0.25, -0.2) is 0 Å². The molecular weight excluding hydrogens is 425 g/mol. The molecule has 24 heavy (non-hydrogen) atoms. The summed E-state index contributed by atoms with van der Waals surface area (Å²) in [5.41, 5.74) is 0.821. The molecule has 136 valence electrons. The molecule has 0 atom stereocenters. The van der Waals surface area contributed by atoms with Crippen LogP contribution in [0.3, 0.4) is 0 Å². The van der Waals surface area contributed by atoms with Gasteiger partial charge >= 0.3 is 5.97 Å². The number of anilines is 1. The van der Waals surface area contributed by atoms with Gasteiger partial charge in [0.25, 0.3) is 0 Å². The normalized spacial score (nSPS) is 10.4. The summed E-state index contributed by atoms with van der Waals surface area (Å²) in [6.07, 6.45) is 1.06. The maximum absolute atomic E-state index is 11.3. The molecule has 0 unspecified atom stereocenters. The van der Waals surface area contributed by atoms with Crippen LogP contribution in [-0.2, 0) is 9.53 Å². The molecule has 0 spiro atoms. The maximum atomic E-state index is 11.3. The van der Waals surface area contributed by atoms with Crippen molar-refractivity contribution < 1.29 is 19.0 Å². The average molecular weight is 451 g/mol. The summed E-state index contributed by atoms with van der Waals surface area (Å²) in [5.74, 6) is 1.73. The quantitative estimate of drug-likeness (QED) is 0.208. The molecule has 2 N–H and O–H groups in total. The Balaban J connectivity index is 0.00000529. The number of benzene rings is 1. The molecule has 0 fully saturated rings. The Labute approximate surface area is 160 Å². The first-order valence-corrected chi connectivity index (χ1v) is 7.49. The van der Waals surface area contributed by atoms with Crippen LogP contribution in [-0.4, -0.2) is 46.3 Å². The van der Waals surface area contributed by atoms with E-state index in [0.29, 0.717) is 43.5 Å². The Morgan fingerprint density at radius 1 is 1.21 bits per heavy atom. The second kappa shape index (κ2) is 12.7. The Morgan fingerprint density at radius 3 is 2.50 bits per heavy atom. The summed E-state index contributed by atoms with van der Waals surface area (Å²) in [6, 6.07) is 5.51. The van der Waals surface area contributed by atoms with E-state index in [1.54, 1.807) is 28.2 Å². The highest BCUT2D eigenvalue weighted by molar-refractivity contribution is 14.0. The topological polar surface area (TPSA) is 81.2 Å². The molecule has 1 aromatic carbocycles. The van der Waals surface area contributed by atoms with Gasteiger partial charge < -0.3 is 24.8 Å². The van der Waals surface area contributed by atoms with Gasteiger partial charge in [-0.15, -0.1) is 24.0 Å². The number of nitrogens with one attached hydrogen (secondary N) is 2. The summed E-state index contributed by atoms with van der Waals surface area (Å²) < 4.78 is 15.3. The third-order valence-electron chi connectivity index (χ3n) is 3.03. The molecule has 7 nitrogen and oxygen atoms in total. The fourth-order valence-corrected chi connectivity index (χ4v) is 1.90. The Bertz CT molecular complexity index is 538. The zero-order valence-corrected chi connectivity index (χ0v) is 16.9. The molecule has 0 radical (unpaired) electrons. The lowest BCUT2D eigenvalue weighted by atomic mass is 10.2. The van der Waals surface area contributed by atoms with E-state index in [1.165, 1.54) is 0 Å². The molecular formula is C16H26IN3O4. The molecule has 0 saturated heterocycles. The molecule has 0 amide bonds. The third-order valence-corrected chi connectivity index (χ3v) is 3.03. The van der Waals surface area contributed by atoms with Crippen molar-refractivity contribution >= 4 is 41.6 Å². The van der Waals surface area contributed by atoms with Gasteiger partial charge in [0.05, 0.1) is 20.8 Å². The molecule has 0 bridgehead atoms. The zero-order chi connectivity index (χ0) is 17.1. The largest absolute Gasteiger partial charge is 0.493 e. The number of carbonyl (C=O) groups is 1. The van der Waals surface area contributed by atoms with E-state index < -0.39 is 0 Å². The summed E-state index contributed by atoms with van der Waals surface area (Å²) >= 11 is 0. The molecule has 0 aromatic heterocycles. The average Bonchev–Trinajstić information content (AvgIpc) is 2.57. The number of hydrogen-bond acceptors (Lipinski definition) is 5. The molecule has 0 saturated carbocycles. The van der Waals surface area contributed by atoms with Gasteiger partial charge in [0.2, 0.25) is 0 Å². The lowest BCUT2D eigenvalue weighted by molar-refractivity contribution is -0.143. The smallest absolute Gasteiger partial charge is 0.305 e. The highest BCUT2D eigenvalue weighted by Crippen LogP contribution is 2.29. The molecule has 0 aliphatic heterocycles. The first kappa shape index (κ1) is 22.3. The van der Waals surface area contributed by atoms with Crippen molar-refractivity contribution in [1.29, 1.82) is 0 Å². The number of hydrogen-bond donors (Lipinski definition) is 2. The minimum Gasteiger partial charge on any atom is -0.493 e. The van der Waals surface area contributed by atoms with Crippen molar-refractivity contribution in [2.45, 2.75) is 19.8 Å². The van der Waals surface area contributed by atoms with E-state index in [9.17, 15) is 4.79 Å². The second-order valence-corrected chi connectivity index (χ2v) is 4.60. The minimum absolute atomic E-state index is 0. The van der Waals surface area contributed by atoms with Gasteiger partial charge in [-0.2, -0.15) is 0 Å². The molecule has 0 aliphatic carbocycles. The second-order valence-electron chi connectivity index (χ2n) is 4.60. The van der Waals surface area contributed by atoms with Crippen LogP contribution in [0.2, 0.25) is 0 Å². The predicted molar refractivity (Wildman–Crippen MR) is 106 cm³/mol. The molecule has 0 aliphatic rings. The number of aliphatic imine (C=N–C) groups is 1. The van der Waals surface area contributed by atoms with E-state index in [2.05, 4.69) is 15.6 Å². The van der Waals surface area contributed by atoms with Crippen molar-refractivity contribution in [2.24, 2.45) is 4.99 Å². The zero-order valence-electron chi connectivity index (χ0n) is 14.5. The van der Waals surface area contributed by atoms with Crippen LogP contribution in [0.15, 0.2) is 23.2 Å². The van der Waals surface area contributed by atoms with Crippen LogP contribution in [0, 0.1) is 0 Å². The van der Waals surface area contributed by atoms with E-state index in [4.69, 9.17) is 14.2 Å². The highest BCUT2D eigenvalue weighted by Gasteiger charge is 2.06. The van der Waals surface area contributed by atoms with Gasteiger partial charge in [-0.3, -0.25) is 9.79 Å². The van der Waals surface area contributed by atoms with Crippen molar-refractivity contribution in [3.8, 4) is 11.5 Å². The SMILES string of the molecule is CCOC(=O)CCCNC(=NC)Nc1ccc(OC)c(OC)c1.I. The maximum Gasteiger partial charge on any atom is 0.305 e. The van der Waals surface area contributed by atoms with Crippen molar-refractivity contribution in [2.75, 3.05) is 39.7 Å². The monoisotopic (exact) mass is 451 g/mol. The molecule has 1 aromatic rings. The van der Waals surface area contributed by atoms with Crippen LogP contribution in [0.5, 0.6) is 11.5 Å². The summed E-state index contributed by atoms with van der Waals surface area (Å²) in [4.78, 5) is 15.4. The van der Waals surface area contributed by atoms with Crippen LogP contribution in [0.25, 0.3) is 0 Å². The number of nitrogens with zero attached hydrogens (tertiary/aromatic N) is 1. The number of carbonyl (C=O) groups excluding carboxylic acids is 1. The van der Waals surface area contributed by atoms with Crippen LogP contribution in [0.4, 0.5) is 5.69 Å². The number of ether oxygens (including phenoxy) is 3. The summed E-state index contributed by atoms with van der Waals surface area (Å²) in [7, 11) is 4.86. The number of guanidine groups is 1. The van der Waals surface area contributed by atoms with Gasteiger partial charge in [-0.1, -0.05) is 0 Å². The van der Waals surface area contributed by atoms with Crippen molar-refractivity contribution in [3.05, 3.63) is 18.2 Å². The molecule has 0 heterocycles. The van der Waals surface area contributed by atoms with Gasteiger partial charge in [-0.05, 0) is 25.5 Å². The lowest BCUT2D eigenvalue weighted by Gasteiger charge is -2.14. The van der Waals surface area contributed by atoms with Crippen molar-refractivity contribution in [3.63, 3.8) is 0 Å². The van der Waals surface area contributed by atoms with E-state index in [1.807, 2.05) is 18.2 Å². The number of halogens is 1. The minimum atomic E-state index is -0.183. The number of esters is 1. The van der Waals surface area contributed by atoms with Gasteiger partial charge in [0.15, 0.2) is 17.5 Å². The van der Waals surface area contributed by atoms with Crippen molar-refractivity contribution in [1.82, 2.24) is 5.32 Å². The van der Waals surface area contributed by atoms with E-state index >= 15 is 0 Å². The Morgan fingerprint density at radius 2 is 1.92 bits per heavy atom. The lowest BCUT2D eigenvalue weighted by Crippen LogP contribution is -2.31.